The Morgan fingerprint density at radius 1 is 1.37 bits per heavy atom. The van der Waals surface area contributed by atoms with Crippen molar-refractivity contribution < 1.29 is 9.18 Å². The Bertz CT molecular complexity index is 978. The molecule has 0 aliphatic heterocycles. The number of allylic oxidation sites excluding steroid dienone is 1. The molecule has 0 saturated carbocycles. The molecule has 5 nitrogen and oxygen atoms in total. The van der Waals surface area contributed by atoms with Crippen molar-refractivity contribution in [3.8, 4) is 5.69 Å². The zero-order chi connectivity index (χ0) is 18.9. The summed E-state index contributed by atoms with van der Waals surface area (Å²) in [5.41, 5.74) is 2.95. The summed E-state index contributed by atoms with van der Waals surface area (Å²) in [5.74, 6) is -0.388. The molecule has 27 heavy (non-hydrogen) atoms. The van der Waals surface area contributed by atoms with Crippen molar-refractivity contribution in [3.05, 3.63) is 70.2 Å². The average Bonchev–Trinajstić information content (AvgIpc) is 3.32. The van der Waals surface area contributed by atoms with Gasteiger partial charge in [-0.3, -0.25) is 4.79 Å². The second-order valence-corrected chi connectivity index (χ2v) is 7.85. The normalized spacial score (nSPS) is 18.3. The number of rotatable bonds is 5. The lowest BCUT2D eigenvalue weighted by Gasteiger charge is -2.29. The molecule has 3 aromatic rings. The largest absolute Gasteiger partial charge is 0.350 e. The second-order valence-electron chi connectivity index (χ2n) is 6.95. The minimum Gasteiger partial charge on any atom is -0.350 e. The van der Waals surface area contributed by atoms with E-state index in [4.69, 9.17) is 0 Å². The van der Waals surface area contributed by atoms with E-state index in [0.29, 0.717) is 11.6 Å². The van der Waals surface area contributed by atoms with E-state index in [2.05, 4.69) is 34.5 Å². The standard InChI is InChI=1S/C20H19FN4OS/c1-20(8-9-22-18(26)19-23-10-11-27-19)7-6-17-14(12-20)13-24-25(17)16-4-2-15(21)3-5-16/h2-7,10-11,13H,8-9,12H2,1H3,(H,22,26). The molecule has 7 heteroatoms. The Morgan fingerprint density at radius 3 is 2.93 bits per heavy atom. The molecule has 0 saturated heterocycles. The molecule has 1 N–H and O–H groups in total. The molecule has 4 rings (SSSR count). The molecule has 1 aromatic carbocycles. The molecule has 2 heterocycles. The zero-order valence-electron chi connectivity index (χ0n) is 14.9. The Hall–Kier alpha value is -2.80. The van der Waals surface area contributed by atoms with Crippen molar-refractivity contribution in [2.75, 3.05) is 6.54 Å². The van der Waals surface area contributed by atoms with E-state index in [9.17, 15) is 9.18 Å². The van der Waals surface area contributed by atoms with Crippen LogP contribution in [0, 0.1) is 11.2 Å². The number of carbonyl (C=O) groups is 1. The second kappa shape index (κ2) is 7.08. The topological polar surface area (TPSA) is 59.8 Å². The van der Waals surface area contributed by atoms with E-state index >= 15 is 0 Å². The fraction of sp³-hybridized carbons (Fsp3) is 0.250. The van der Waals surface area contributed by atoms with Crippen molar-refractivity contribution in [1.82, 2.24) is 20.1 Å². The maximum absolute atomic E-state index is 13.2. The van der Waals surface area contributed by atoms with Gasteiger partial charge in [-0.05, 0) is 54.2 Å². The van der Waals surface area contributed by atoms with Crippen LogP contribution in [0.15, 0.2) is 48.1 Å². The monoisotopic (exact) mass is 382 g/mol. The van der Waals surface area contributed by atoms with Gasteiger partial charge in [-0.25, -0.2) is 14.1 Å². The highest BCUT2D eigenvalue weighted by Gasteiger charge is 2.28. The highest BCUT2D eigenvalue weighted by molar-refractivity contribution is 7.11. The van der Waals surface area contributed by atoms with Crippen molar-refractivity contribution in [1.29, 1.82) is 0 Å². The summed E-state index contributed by atoms with van der Waals surface area (Å²) >= 11 is 1.34. The minimum absolute atomic E-state index is 0.0557. The fourth-order valence-corrected chi connectivity index (χ4v) is 3.86. The van der Waals surface area contributed by atoms with E-state index in [0.717, 1.165) is 29.8 Å². The molecule has 1 amide bonds. The molecule has 1 atom stereocenters. The first-order valence-electron chi connectivity index (χ1n) is 8.74. The summed E-state index contributed by atoms with van der Waals surface area (Å²) in [6, 6.07) is 6.31. The van der Waals surface area contributed by atoms with Crippen LogP contribution in [-0.4, -0.2) is 27.2 Å². The number of fused-ring (bicyclic) bond motifs is 1. The number of nitrogens with zero attached hydrogens (tertiary/aromatic N) is 3. The molecule has 0 bridgehead atoms. The van der Waals surface area contributed by atoms with Crippen molar-refractivity contribution in [2.45, 2.75) is 19.8 Å². The number of halogens is 1. The van der Waals surface area contributed by atoms with Crippen LogP contribution in [0.5, 0.6) is 0 Å². The highest BCUT2D eigenvalue weighted by atomic mass is 32.1. The van der Waals surface area contributed by atoms with Gasteiger partial charge in [0, 0.05) is 18.1 Å². The van der Waals surface area contributed by atoms with Crippen LogP contribution >= 0.6 is 11.3 Å². The SMILES string of the molecule is CC1(CCNC(=O)c2nccs2)C=Cc2c(cnn2-c2ccc(F)cc2)C1. The van der Waals surface area contributed by atoms with Crippen molar-refractivity contribution in [2.24, 2.45) is 5.41 Å². The third-order valence-electron chi connectivity index (χ3n) is 4.80. The predicted molar refractivity (Wildman–Crippen MR) is 103 cm³/mol. The minimum atomic E-state index is -0.261. The van der Waals surface area contributed by atoms with E-state index in [1.165, 1.54) is 23.5 Å². The fourth-order valence-electron chi connectivity index (χ4n) is 3.31. The van der Waals surface area contributed by atoms with Gasteiger partial charge < -0.3 is 5.32 Å². The lowest BCUT2D eigenvalue weighted by atomic mass is 9.77. The number of amides is 1. The molecule has 0 spiro atoms. The number of hydrogen-bond acceptors (Lipinski definition) is 4. The van der Waals surface area contributed by atoms with Crippen LogP contribution in [0.4, 0.5) is 4.39 Å². The van der Waals surface area contributed by atoms with Crippen LogP contribution in [0.25, 0.3) is 11.8 Å². The number of benzene rings is 1. The number of carbonyl (C=O) groups excluding carboxylic acids is 1. The summed E-state index contributed by atoms with van der Waals surface area (Å²) in [6.45, 7) is 2.76. The van der Waals surface area contributed by atoms with Gasteiger partial charge in [0.15, 0.2) is 5.01 Å². The van der Waals surface area contributed by atoms with Gasteiger partial charge in [-0.1, -0.05) is 13.0 Å². The lowest BCUT2D eigenvalue weighted by Crippen LogP contribution is -2.30. The Kier molecular flexibility index (Phi) is 4.61. The maximum atomic E-state index is 13.2. The Labute approximate surface area is 160 Å². The number of aromatic nitrogens is 3. The molecule has 1 aliphatic carbocycles. The molecule has 0 radical (unpaired) electrons. The number of hydrogen-bond donors (Lipinski definition) is 1. The van der Waals surface area contributed by atoms with Gasteiger partial charge in [0.1, 0.15) is 5.82 Å². The first-order valence-corrected chi connectivity index (χ1v) is 9.62. The average molecular weight is 382 g/mol. The third-order valence-corrected chi connectivity index (χ3v) is 5.58. The summed E-state index contributed by atoms with van der Waals surface area (Å²) in [7, 11) is 0. The van der Waals surface area contributed by atoms with Gasteiger partial charge in [0.25, 0.3) is 5.91 Å². The number of thiazole rings is 1. The van der Waals surface area contributed by atoms with Crippen molar-refractivity contribution >= 4 is 23.3 Å². The maximum Gasteiger partial charge on any atom is 0.280 e. The Morgan fingerprint density at radius 2 is 2.19 bits per heavy atom. The zero-order valence-corrected chi connectivity index (χ0v) is 15.7. The molecule has 1 aliphatic rings. The quantitative estimate of drug-likeness (QED) is 0.729. The smallest absolute Gasteiger partial charge is 0.280 e. The summed E-state index contributed by atoms with van der Waals surface area (Å²) in [4.78, 5) is 16.0. The van der Waals surface area contributed by atoms with E-state index < -0.39 is 0 Å². The van der Waals surface area contributed by atoms with Crippen LogP contribution < -0.4 is 5.32 Å². The molecular weight excluding hydrogens is 363 g/mol. The summed E-state index contributed by atoms with van der Waals surface area (Å²) in [5, 5.41) is 9.69. The molecule has 0 fully saturated rings. The molecule has 2 aromatic heterocycles. The van der Waals surface area contributed by atoms with Crippen LogP contribution in [-0.2, 0) is 6.42 Å². The Balaban J connectivity index is 1.43. The molecule has 138 valence electrons. The van der Waals surface area contributed by atoms with Crippen molar-refractivity contribution in [3.63, 3.8) is 0 Å². The number of nitrogens with one attached hydrogen (secondary N) is 1. The van der Waals surface area contributed by atoms with Gasteiger partial charge in [-0.15, -0.1) is 11.3 Å². The van der Waals surface area contributed by atoms with Gasteiger partial charge >= 0.3 is 0 Å². The lowest BCUT2D eigenvalue weighted by molar-refractivity contribution is 0.0949. The summed E-state index contributed by atoms with van der Waals surface area (Å²) in [6.07, 6.45) is 9.40. The van der Waals surface area contributed by atoms with E-state index in [1.54, 1.807) is 23.7 Å². The van der Waals surface area contributed by atoms with E-state index in [-0.39, 0.29) is 17.1 Å². The van der Waals surface area contributed by atoms with Gasteiger partial charge in [0.2, 0.25) is 0 Å². The first kappa shape index (κ1) is 17.6. The predicted octanol–water partition coefficient (Wildman–Crippen LogP) is 3.86. The molecular formula is C20H19FN4OS. The first-order chi connectivity index (χ1) is 13.0. The van der Waals surface area contributed by atoms with Gasteiger partial charge in [0.05, 0.1) is 17.6 Å². The summed E-state index contributed by atoms with van der Waals surface area (Å²) < 4.78 is 15.0. The van der Waals surface area contributed by atoms with Crippen LogP contribution in [0.1, 0.15) is 34.4 Å². The van der Waals surface area contributed by atoms with E-state index in [1.807, 2.05) is 10.9 Å². The van der Waals surface area contributed by atoms with Crippen LogP contribution in [0.3, 0.4) is 0 Å². The third kappa shape index (κ3) is 3.68. The highest BCUT2D eigenvalue weighted by Crippen LogP contribution is 2.35. The van der Waals surface area contributed by atoms with Crippen LogP contribution in [0.2, 0.25) is 0 Å². The van der Waals surface area contributed by atoms with Gasteiger partial charge in [-0.2, -0.15) is 5.10 Å². The molecule has 1 unspecified atom stereocenters.